The standard InChI is InChI=1S/C19H22N4O.2C2HF3O2/c1-14-5-4-7-18(21-14)19(24)23-11-15-9-22(10-16(15)12-23)13-17-6-2-3-8-20-17;2*3-2(4,5)1(6)7/h2-8,15-16H,9-13H2,1H3;2*(H,6,7). The second-order valence-electron chi connectivity index (χ2n) is 8.52. The summed E-state index contributed by atoms with van der Waals surface area (Å²) < 4.78 is 63.5. The molecule has 38 heavy (non-hydrogen) atoms. The molecule has 208 valence electrons. The number of hydrogen-bond acceptors (Lipinski definition) is 6. The van der Waals surface area contributed by atoms with Crippen molar-refractivity contribution in [2.75, 3.05) is 26.2 Å². The van der Waals surface area contributed by atoms with Gasteiger partial charge in [0.25, 0.3) is 5.91 Å². The summed E-state index contributed by atoms with van der Waals surface area (Å²) in [6.07, 6.45) is -8.32. The number of pyridine rings is 2. The van der Waals surface area contributed by atoms with Crippen LogP contribution in [0.2, 0.25) is 0 Å². The van der Waals surface area contributed by atoms with Crippen molar-refractivity contribution in [3.05, 3.63) is 59.7 Å². The molecule has 4 heterocycles. The van der Waals surface area contributed by atoms with E-state index in [4.69, 9.17) is 19.8 Å². The molecule has 1 amide bonds. The molecule has 0 saturated carbocycles. The number of alkyl halides is 6. The van der Waals surface area contributed by atoms with Gasteiger partial charge in [-0.3, -0.25) is 14.7 Å². The van der Waals surface area contributed by atoms with Gasteiger partial charge in [-0.15, -0.1) is 0 Å². The normalized spacial score (nSPS) is 19.0. The Morgan fingerprint density at radius 1 is 0.868 bits per heavy atom. The van der Waals surface area contributed by atoms with Crippen LogP contribution in [0.25, 0.3) is 0 Å². The molecule has 0 aromatic carbocycles. The highest BCUT2D eigenvalue weighted by Gasteiger charge is 2.42. The number of carboxylic acids is 2. The van der Waals surface area contributed by atoms with Crippen LogP contribution < -0.4 is 0 Å². The average molecular weight is 550 g/mol. The summed E-state index contributed by atoms with van der Waals surface area (Å²) in [5.41, 5.74) is 2.58. The summed E-state index contributed by atoms with van der Waals surface area (Å²) in [5.74, 6) is -4.30. The van der Waals surface area contributed by atoms with Crippen molar-refractivity contribution < 1.29 is 50.9 Å². The van der Waals surface area contributed by atoms with Gasteiger partial charge in [-0.25, -0.2) is 14.6 Å². The van der Waals surface area contributed by atoms with E-state index < -0.39 is 24.3 Å². The van der Waals surface area contributed by atoms with Crippen molar-refractivity contribution >= 4 is 17.8 Å². The fourth-order valence-electron chi connectivity index (χ4n) is 3.93. The third-order valence-electron chi connectivity index (χ3n) is 5.55. The molecule has 9 nitrogen and oxygen atoms in total. The highest BCUT2D eigenvalue weighted by Crippen LogP contribution is 2.32. The average Bonchev–Trinajstić information content (AvgIpc) is 3.37. The van der Waals surface area contributed by atoms with Crippen LogP contribution in [0, 0.1) is 18.8 Å². The van der Waals surface area contributed by atoms with E-state index in [1.165, 1.54) is 0 Å². The van der Waals surface area contributed by atoms with Gasteiger partial charge in [0, 0.05) is 44.6 Å². The minimum Gasteiger partial charge on any atom is -0.475 e. The summed E-state index contributed by atoms with van der Waals surface area (Å²) in [4.78, 5) is 43.7. The molecule has 2 N–H and O–H groups in total. The van der Waals surface area contributed by atoms with Gasteiger partial charge in [0.15, 0.2) is 0 Å². The van der Waals surface area contributed by atoms with Crippen LogP contribution in [-0.2, 0) is 16.1 Å². The molecule has 15 heteroatoms. The molecule has 0 bridgehead atoms. The van der Waals surface area contributed by atoms with Crippen molar-refractivity contribution in [1.82, 2.24) is 19.8 Å². The minimum atomic E-state index is -5.08. The molecule has 2 saturated heterocycles. The molecule has 2 unspecified atom stereocenters. The van der Waals surface area contributed by atoms with E-state index in [0.717, 1.165) is 44.1 Å². The van der Waals surface area contributed by atoms with Crippen LogP contribution in [0.3, 0.4) is 0 Å². The summed E-state index contributed by atoms with van der Waals surface area (Å²) in [6.45, 7) is 6.61. The number of likely N-dealkylation sites (tertiary alicyclic amines) is 2. The summed E-state index contributed by atoms with van der Waals surface area (Å²) in [6, 6.07) is 11.7. The Morgan fingerprint density at radius 3 is 1.82 bits per heavy atom. The second-order valence-corrected chi connectivity index (χ2v) is 8.52. The van der Waals surface area contributed by atoms with Gasteiger partial charge in [0.1, 0.15) is 5.69 Å². The van der Waals surface area contributed by atoms with E-state index in [1.54, 1.807) is 0 Å². The fraction of sp³-hybridized carbons (Fsp3) is 0.435. The summed E-state index contributed by atoms with van der Waals surface area (Å²) in [5, 5.41) is 14.2. The van der Waals surface area contributed by atoms with Gasteiger partial charge >= 0.3 is 24.3 Å². The maximum absolute atomic E-state index is 12.6. The number of fused-ring (bicyclic) bond motifs is 1. The number of carbonyl (C=O) groups excluding carboxylic acids is 1. The van der Waals surface area contributed by atoms with E-state index in [-0.39, 0.29) is 5.91 Å². The first-order valence-corrected chi connectivity index (χ1v) is 11.0. The molecular weight excluding hydrogens is 526 g/mol. The molecular formula is C23H24F6N4O5. The van der Waals surface area contributed by atoms with E-state index in [9.17, 15) is 31.1 Å². The lowest BCUT2D eigenvalue weighted by Crippen LogP contribution is -2.33. The van der Waals surface area contributed by atoms with Crippen LogP contribution in [0.5, 0.6) is 0 Å². The topological polar surface area (TPSA) is 124 Å². The monoisotopic (exact) mass is 550 g/mol. The molecule has 0 aliphatic carbocycles. The molecule has 2 aliphatic heterocycles. The van der Waals surface area contributed by atoms with E-state index in [1.807, 2.05) is 48.4 Å². The van der Waals surface area contributed by atoms with Crippen molar-refractivity contribution in [3.63, 3.8) is 0 Å². The first-order valence-electron chi connectivity index (χ1n) is 11.0. The maximum atomic E-state index is 12.6. The molecule has 2 aromatic rings. The predicted molar refractivity (Wildman–Crippen MR) is 119 cm³/mol. The van der Waals surface area contributed by atoms with Crippen LogP contribution in [0.15, 0.2) is 42.6 Å². The number of carbonyl (C=O) groups is 3. The molecule has 0 spiro atoms. The van der Waals surface area contributed by atoms with Gasteiger partial charge in [-0.2, -0.15) is 26.3 Å². The largest absolute Gasteiger partial charge is 0.490 e. The summed E-state index contributed by atoms with van der Waals surface area (Å²) >= 11 is 0. The maximum Gasteiger partial charge on any atom is 0.490 e. The Labute approximate surface area is 212 Å². The number of halogens is 6. The fourth-order valence-corrected chi connectivity index (χ4v) is 3.93. The molecule has 2 aromatic heterocycles. The van der Waals surface area contributed by atoms with E-state index >= 15 is 0 Å². The number of amides is 1. The molecule has 2 fully saturated rings. The first-order chi connectivity index (χ1) is 17.6. The van der Waals surface area contributed by atoms with Gasteiger partial charge in [0.2, 0.25) is 0 Å². The number of aryl methyl sites for hydroxylation is 1. The Bertz CT molecular complexity index is 1080. The number of aromatic nitrogens is 2. The molecule has 2 atom stereocenters. The van der Waals surface area contributed by atoms with Gasteiger partial charge in [-0.1, -0.05) is 12.1 Å². The SMILES string of the molecule is Cc1cccc(C(=O)N2CC3CN(Cc4ccccn4)CC3C2)n1.O=C(O)C(F)(F)F.O=C(O)C(F)(F)F. The Kier molecular flexibility index (Phi) is 10.2. The second kappa shape index (κ2) is 12.7. The first kappa shape index (κ1) is 30.5. The molecule has 4 rings (SSSR count). The lowest BCUT2D eigenvalue weighted by Gasteiger charge is -2.21. The van der Waals surface area contributed by atoms with Crippen molar-refractivity contribution in [1.29, 1.82) is 0 Å². The van der Waals surface area contributed by atoms with Crippen LogP contribution in [0.1, 0.15) is 21.9 Å². The number of rotatable bonds is 3. The lowest BCUT2D eigenvalue weighted by atomic mass is 10.0. The third-order valence-corrected chi connectivity index (χ3v) is 5.55. The molecule has 2 aliphatic rings. The third kappa shape index (κ3) is 9.28. The highest BCUT2D eigenvalue weighted by molar-refractivity contribution is 5.92. The van der Waals surface area contributed by atoms with E-state index in [2.05, 4.69) is 20.9 Å². The molecule has 0 radical (unpaired) electrons. The van der Waals surface area contributed by atoms with Gasteiger partial charge in [0.05, 0.1) is 5.69 Å². The highest BCUT2D eigenvalue weighted by atomic mass is 19.4. The number of hydrogen-bond donors (Lipinski definition) is 2. The number of nitrogens with zero attached hydrogens (tertiary/aromatic N) is 4. The van der Waals surface area contributed by atoms with Crippen molar-refractivity contribution in [2.24, 2.45) is 11.8 Å². The zero-order valence-corrected chi connectivity index (χ0v) is 19.9. The predicted octanol–water partition coefficient (Wildman–Crippen LogP) is 3.26. The number of carboxylic acid groups (broad SMARTS) is 2. The van der Waals surface area contributed by atoms with Crippen molar-refractivity contribution in [3.8, 4) is 0 Å². The van der Waals surface area contributed by atoms with Gasteiger partial charge in [-0.05, 0) is 43.0 Å². The minimum absolute atomic E-state index is 0.0735. The van der Waals surface area contributed by atoms with E-state index in [0.29, 0.717) is 17.5 Å². The lowest BCUT2D eigenvalue weighted by molar-refractivity contribution is -0.193. The van der Waals surface area contributed by atoms with Crippen LogP contribution >= 0.6 is 0 Å². The van der Waals surface area contributed by atoms with Gasteiger partial charge < -0.3 is 15.1 Å². The van der Waals surface area contributed by atoms with Crippen molar-refractivity contribution in [2.45, 2.75) is 25.8 Å². The smallest absolute Gasteiger partial charge is 0.475 e. The van der Waals surface area contributed by atoms with Crippen LogP contribution in [0.4, 0.5) is 26.3 Å². The Morgan fingerprint density at radius 2 is 1.39 bits per heavy atom. The zero-order valence-electron chi connectivity index (χ0n) is 19.9. The van der Waals surface area contributed by atoms with Crippen LogP contribution in [-0.4, -0.2) is 86.4 Å². The zero-order chi connectivity index (χ0) is 28.7. The summed E-state index contributed by atoms with van der Waals surface area (Å²) in [7, 11) is 0. The Hall–Kier alpha value is -3.75. The number of aliphatic carboxylic acids is 2. The Balaban J connectivity index is 0.000000301. The quantitative estimate of drug-likeness (QED) is 0.559.